The Kier molecular flexibility index (Phi) is 6.24. The number of Topliss-reactive ketones (excluding diaryl/α,β-unsaturated/α-hetero) is 1. The maximum absolute atomic E-state index is 13.3. The zero-order chi connectivity index (χ0) is 21.0. The van der Waals surface area contributed by atoms with Crippen molar-refractivity contribution in [3.63, 3.8) is 0 Å². The summed E-state index contributed by atoms with van der Waals surface area (Å²) < 4.78 is 33.8. The maximum atomic E-state index is 13.3. The van der Waals surface area contributed by atoms with Crippen LogP contribution in [0, 0.1) is 6.92 Å². The molecule has 0 unspecified atom stereocenters. The predicted molar refractivity (Wildman–Crippen MR) is 107 cm³/mol. The van der Waals surface area contributed by atoms with Gasteiger partial charge < -0.3 is 10.1 Å². The summed E-state index contributed by atoms with van der Waals surface area (Å²) in [5.74, 6) is -2.13. The molecule has 0 aliphatic rings. The lowest BCUT2D eigenvalue weighted by atomic mass is 10.1. The summed E-state index contributed by atoms with van der Waals surface area (Å²) in [6.45, 7) is 3.78. The summed E-state index contributed by atoms with van der Waals surface area (Å²) >= 11 is 0. The predicted octanol–water partition coefficient (Wildman–Crippen LogP) is 4.18. The van der Waals surface area contributed by atoms with Crippen molar-refractivity contribution in [3.05, 3.63) is 24.0 Å². The Morgan fingerprint density at radius 3 is 2.76 bits per heavy atom. The molecule has 0 saturated heterocycles. The van der Waals surface area contributed by atoms with Crippen LogP contribution < -0.4 is 10.1 Å². The Hall–Kier alpha value is -2.84. The third-order valence-electron chi connectivity index (χ3n) is 4.92. The topological polar surface area (TPSA) is 81.4 Å². The van der Waals surface area contributed by atoms with E-state index < -0.39 is 18.1 Å². The van der Waals surface area contributed by atoms with E-state index in [1.165, 1.54) is 6.92 Å². The minimum atomic E-state index is -3.20. The second-order valence-electron chi connectivity index (χ2n) is 6.94. The highest BCUT2D eigenvalue weighted by Gasteiger charge is 2.34. The number of alkyl halides is 2. The van der Waals surface area contributed by atoms with Gasteiger partial charge >= 0.3 is 5.92 Å². The number of aromatic nitrogens is 4. The summed E-state index contributed by atoms with van der Waals surface area (Å²) in [6, 6.07) is 5.62. The van der Waals surface area contributed by atoms with Crippen molar-refractivity contribution in [1.82, 2.24) is 19.6 Å². The molecular formula is C20H25F2N5O2. The number of unbranched alkanes of at least 4 members (excludes halogenated alkanes) is 2. The van der Waals surface area contributed by atoms with Crippen molar-refractivity contribution in [2.75, 3.05) is 19.0 Å². The van der Waals surface area contributed by atoms with Crippen LogP contribution in [0.5, 0.6) is 5.75 Å². The van der Waals surface area contributed by atoms with Gasteiger partial charge in [-0.15, -0.1) is 10.2 Å². The molecule has 1 N–H and O–H groups in total. The van der Waals surface area contributed by atoms with Crippen LogP contribution in [0.4, 0.5) is 14.6 Å². The van der Waals surface area contributed by atoms with Crippen molar-refractivity contribution >= 4 is 28.3 Å². The van der Waals surface area contributed by atoms with Crippen LogP contribution in [-0.2, 0) is 4.79 Å². The molecule has 3 aromatic rings. The number of aryl methyl sites for hydroxylation is 1. The lowest BCUT2D eigenvalue weighted by molar-refractivity contribution is -0.143. The number of nitrogens with one attached hydrogen (secondary N) is 1. The van der Waals surface area contributed by atoms with Gasteiger partial charge in [0.2, 0.25) is 11.4 Å². The van der Waals surface area contributed by atoms with Gasteiger partial charge in [-0.05, 0) is 31.9 Å². The van der Waals surface area contributed by atoms with Gasteiger partial charge in [0.1, 0.15) is 11.6 Å². The standard InChI is InChI=1S/C20H25F2N5O2/c1-4-20(21,22)17(28)8-6-5-7-11-23-18-19-26-25-13(2)27(19)16-10-9-14(29-3)12-15(16)24-18/h9-10,12H,4-8,11H2,1-3H3,(H,23,24). The van der Waals surface area contributed by atoms with Crippen molar-refractivity contribution in [2.24, 2.45) is 0 Å². The fourth-order valence-corrected chi connectivity index (χ4v) is 3.18. The summed E-state index contributed by atoms with van der Waals surface area (Å²) in [5, 5.41) is 11.6. The molecule has 29 heavy (non-hydrogen) atoms. The number of hydrogen-bond acceptors (Lipinski definition) is 6. The van der Waals surface area contributed by atoms with E-state index in [4.69, 9.17) is 4.74 Å². The third-order valence-corrected chi connectivity index (χ3v) is 4.92. The lowest BCUT2D eigenvalue weighted by Crippen LogP contribution is -2.27. The Morgan fingerprint density at radius 2 is 2.03 bits per heavy atom. The highest BCUT2D eigenvalue weighted by Crippen LogP contribution is 2.25. The zero-order valence-corrected chi connectivity index (χ0v) is 16.8. The quantitative estimate of drug-likeness (QED) is 0.510. The largest absolute Gasteiger partial charge is 0.497 e. The Labute approximate surface area is 167 Å². The molecule has 0 amide bonds. The smallest absolute Gasteiger partial charge is 0.305 e. The van der Waals surface area contributed by atoms with Crippen LogP contribution in [0.15, 0.2) is 18.2 Å². The van der Waals surface area contributed by atoms with E-state index >= 15 is 0 Å². The van der Waals surface area contributed by atoms with Gasteiger partial charge in [0, 0.05) is 25.5 Å². The SMILES string of the molecule is CCC(F)(F)C(=O)CCCCCNc1nc2cc(OC)ccc2n2c(C)nnc12. The first-order valence-electron chi connectivity index (χ1n) is 9.72. The number of hydrogen-bond donors (Lipinski definition) is 1. The molecule has 0 saturated carbocycles. The first-order chi connectivity index (χ1) is 13.9. The minimum absolute atomic E-state index is 0.0948. The van der Waals surface area contributed by atoms with E-state index in [1.54, 1.807) is 7.11 Å². The number of fused-ring (bicyclic) bond motifs is 3. The van der Waals surface area contributed by atoms with E-state index in [0.29, 0.717) is 36.6 Å². The van der Waals surface area contributed by atoms with Gasteiger partial charge in [-0.2, -0.15) is 8.78 Å². The number of carbonyl (C=O) groups is 1. The number of halogens is 2. The zero-order valence-electron chi connectivity index (χ0n) is 16.8. The van der Waals surface area contributed by atoms with Crippen LogP contribution >= 0.6 is 0 Å². The molecule has 0 bridgehead atoms. The Bertz CT molecular complexity index is 1020. The molecule has 156 valence electrons. The molecule has 0 aliphatic heterocycles. The van der Waals surface area contributed by atoms with Crippen LogP contribution in [-0.4, -0.2) is 44.9 Å². The lowest BCUT2D eigenvalue weighted by Gasteiger charge is -2.12. The van der Waals surface area contributed by atoms with Crippen molar-refractivity contribution in [3.8, 4) is 5.75 Å². The van der Waals surface area contributed by atoms with Gasteiger partial charge in [-0.1, -0.05) is 13.3 Å². The van der Waals surface area contributed by atoms with E-state index in [1.807, 2.05) is 29.5 Å². The number of ketones is 1. The number of nitrogens with zero attached hydrogens (tertiary/aromatic N) is 4. The number of methoxy groups -OCH3 is 1. The first-order valence-corrected chi connectivity index (χ1v) is 9.72. The second kappa shape index (κ2) is 8.67. The fourth-order valence-electron chi connectivity index (χ4n) is 3.18. The number of benzene rings is 1. The number of ether oxygens (including phenoxy) is 1. The number of rotatable bonds is 10. The van der Waals surface area contributed by atoms with E-state index in [0.717, 1.165) is 23.3 Å². The number of carbonyl (C=O) groups excluding carboxylic acids is 1. The van der Waals surface area contributed by atoms with E-state index in [2.05, 4.69) is 20.5 Å². The second-order valence-corrected chi connectivity index (χ2v) is 6.94. The highest BCUT2D eigenvalue weighted by molar-refractivity contribution is 5.85. The molecule has 0 atom stereocenters. The van der Waals surface area contributed by atoms with Gasteiger partial charge in [0.05, 0.1) is 18.1 Å². The summed E-state index contributed by atoms with van der Waals surface area (Å²) in [7, 11) is 1.60. The van der Waals surface area contributed by atoms with Crippen molar-refractivity contribution in [2.45, 2.75) is 51.9 Å². The van der Waals surface area contributed by atoms with Gasteiger partial charge in [-0.3, -0.25) is 9.20 Å². The Morgan fingerprint density at radius 1 is 1.24 bits per heavy atom. The van der Waals surface area contributed by atoms with Gasteiger partial charge in [0.15, 0.2) is 5.82 Å². The van der Waals surface area contributed by atoms with E-state index in [9.17, 15) is 13.6 Å². The number of anilines is 1. The fraction of sp³-hybridized carbons (Fsp3) is 0.500. The molecule has 2 heterocycles. The molecular weight excluding hydrogens is 380 g/mol. The molecule has 9 heteroatoms. The summed E-state index contributed by atoms with van der Waals surface area (Å²) in [4.78, 5) is 16.1. The minimum Gasteiger partial charge on any atom is -0.497 e. The summed E-state index contributed by atoms with van der Waals surface area (Å²) in [5.41, 5.74) is 2.25. The molecule has 0 aliphatic carbocycles. The maximum Gasteiger partial charge on any atom is 0.305 e. The van der Waals surface area contributed by atoms with Crippen molar-refractivity contribution < 1.29 is 18.3 Å². The molecule has 0 radical (unpaired) electrons. The molecule has 2 aromatic heterocycles. The average molecular weight is 405 g/mol. The van der Waals surface area contributed by atoms with Crippen LogP contribution in [0.2, 0.25) is 0 Å². The Balaban J connectivity index is 1.65. The molecule has 3 rings (SSSR count). The average Bonchev–Trinajstić information content (AvgIpc) is 3.11. The summed E-state index contributed by atoms with van der Waals surface area (Å²) in [6.07, 6.45) is 1.30. The molecule has 7 nitrogen and oxygen atoms in total. The van der Waals surface area contributed by atoms with Crippen molar-refractivity contribution in [1.29, 1.82) is 0 Å². The van der Waals surface area contributed by atoms with Gasteiger partial charge in [0.25, 0.3) is 0 Å². The highest BCUT2D eigenvalue weighted by atomic mass is 19.3. The van der Waals surface area contributed by atoms with Crippen LogP contribution in [0.3, 0.4) is 0 Å². The first kappa shape index (κ1) is 20.9. The van der Waals surface area contributed by atoms with Gasteiger partial charge in [-0.25, -0.2) is 4.98 Å². The normalized spacial score (nSPS) is 11.9. The molecule has 0 spiro atoms. The third kappa shape index (κ3) is 4.44. The monoisotopic (exact) mass is 405 g/mol. The van der Waals surface area contributed by atoms with Crippen LogP contribution in [0.1, 0.15) is 44.9 Å². The van der Waals surface area contributed by atoms with Crippen LogP contribution in [0.25, 0.3) is 16.7 Å². The molecule has 1 aromatic carbocycles. The molecule has 0 fully saturated rings. The van der Waals surface area contributed by atoms with E-state index in [-0.39, 0.29) is 6.42 Å².